The van der Waals surface area contributed by atoms with Gasteiger partial charge in [-0.1, -0.05) is 18.2 Å². The smallest absolute Gasteiger partial charge is 0.287 e. The lowest BCUT2D eigenvalue weighted by atomic mass is 9.87. The predicted molar refractivity (Wildman–Crippen MR) is 114 cm³/mol. The molecule has 0 saturated carbocycles. The number of fused-ring (bicyclic) bond motifs is 1. The Morgan fingerprint density at radius 1 is 1.19 bits per heavy atom. The highest BCUT2D eigenvalue weighted by molar-refractivity contribution is 8.26. The van der Waals surface area contributed by atoms with E-state index in [-0.39, 0.29) is 27.7 Å². The van der Waals surface area contributed by atoms with Gasteiger partial charge in [-0.25, -0.2) is 9.37 Å². The third-order valence-corrected chi connectivity index (χ3v) is 6.20. The van der Waals surface area contributed by atoms with Crippen LogP contribution in [0, 0.1) is 12.7 Å². The molecule has 31 heavy (non-hydrogen) atoms. The summed E-state index contributed by atoms with van der Waals surface area (Å²) in [6.45, 7) is 1.76. The second-order valence-corrected chi connectivity index (χ2v) is 8.34. The molecule has 1 N–H and O–H groups in total. The summed E-state index contributed by atoms with van der Waals surface area (Å²) in [4.78, 5) is 28.9. The molecule has 1 aliphatic rings. The lowest BCUT2D eigenvalue weighted by Crippen LogP contribution is -2.36. The Bertz CT molecular complexity index is 1310. The number of nitrogens with zero attached hydrogens (tertiary/aromatic N) is 1. The van der Waals surface area contributed by atoms with Crippen LogP contribution < -0.4 is 5.32 Å². The highest BCUT2D eigenvalue weighted by Crippen LogP contribution is 2.34. The average Bonchev–Trinajstić information content (AvgIpc) is 3.44. The maximum absolute atomic E-state index is 14.2. The van der Waals surface area contributed by atoms with E-state index < -0.39 is 11.9 Å². The van der Waals surface area contributed by atoms with E-state index in [1.165, 1.54) is 6.07 Å². The van der Waals surface area contributed by atoms with Gasteiger partial charge in [0.05, 0.1) is 17.5 Å². The summed E-state index contributed by atoms with van der Waals surface area (Å²) in [5.74, 6) is -0.0715. The highest BCUT2D eigenvalue weighted by Gasteiger charge is 2.39. The monoisotopic (exact) mass is 436 g/mol. The second-order valence-electron chi connectivity index (χ2n) is 7.36. The Kier molecular flexibility index (Phi) is 4.86. The molecule has 1 fully saturated rings. The van der Waals surface area contributed by atoms with Crippen molar-refractivity contribution in [3.8, 4) is 11.5 Å². The number of carbonyl (C=O) groups is 2. The Balaban J connectivity index is 1.54. The Hall–Kier alpha value is -3.39. The summed E-state index contributed by atoms with van der Waals surface area (Å²) in [6.07, 6.45) is 1.94. The van der Waals surface area contributed by atoms with Crippen LogP contribution in [-0.2, 0) is 11.2 Å². The van der Waals surface area contributed by atoms with Gasteiger partial charge in [-0.15, -0.1) is 0 Å². The van der Waals surface area contributed by atoms with Crippen LogP contribution in [0.25, 0.3) is 22.4 Å². The average molecular weight is 436 g/mol. The highest BCUT2D eigenvalue weighted by atomic mass is 32.2. The Morgan fingerprint density at radius 3 is 2.81 bits per heavy atom. The molecule has 5 rings (SSSR count). The van der Waals surface area contributed by atoms with Gasteiger partial charge in [0, 0.05) is 29.5 Å². The van der Waals surface area contributed by atoms with Gasteiger partial charge in [0.1, 0.15) is 23.2 Å². The molecule has 0 spiro atoms. The van der Waals surface area contributed by atoms with Gasteiger partial charge >= 0.3 is 0 Å². The first-order valence-electron chi connectivity index (χ1n) is 9.70. The van der Waals surface area contributed by atoms with Crippen molar-refractivity contribution in [3.05, 3.63) is 77.6 Å². The maximum Gasteiger partial charge on any atom is 0.287 e. The number of halogens is 1. The first kappa shape index (κ1) is 19.6. The van der Waals surface area contributed by atoms with E-state index >= 15 is 0 Å². The number of thioether (sulfide) groups is 1. The standard InChI is InChI=1S/C23H17FN2O4S/c1-12-18(25-21(30-12)15-4-2-3-5-17(15)24)11-16(20-22(27)31-23(28)26-20)13-6-7-19-14(10-13)8-9-29-19/h2-10,16,20H,11H2,1H3,(H,26,28). The molecule has 1 amide bonds. The van der Waals surface area contributed by atoms with E-state index in [4.69, 9.17) is 8.83 Å². The van der Waals surface area contributed by atoms with Crippen molar-refractivity contribution >= 4 is 33.1 Å². The number of amides is 1. The molecular formula is C23H17FN2O4S. The molecule has 3 heterocycles. The van der Waals surface area contributed by atoms with Gasteiger partial charge in [0.2, 0.25) is 11.0 Å². The Labute approximate surface area is 180 Å². The second kappa shape index (κ2) is 7.70. The number of nitrogens with one attached hydrogen (secondary N) is 1. The molecule has 156 valence electrons. The zero-order valence-electron chi connectivity index (χ0n) is 16.4. The molecule has 0 radical (unpaired) electrons. The van der Waals surface area contributed by atoms with E-state index in [0.717, 1.165) is 16.5 Å². The zero-order chi connectivity index (χ0) is 21.5. The predicted octanol–water partition coefficient (Wildman–Crippen LogP) is 5.21. The first-order valence-corrected chi connectivity index (χ1v) is 10.5. The molecule has 2 unspecified atom stereocenters. The molecular weight excluding hydrogens is 419 g/mol. The van der Waals surface area contributed by atoms with Crippen molar-refractivity contribution < 1.29 is 22.8 Å². The number of benzene rings is 2. The van der Waals surface area contributed by atoms with E-state index in [1.54, 1.807) is 31.4 Å². The number of carbonyl (C=O) groups excluding carboxylic acids is 2. The lowest BCUT2D eigenvalue weighted by molar-refractivity contribution is -0.112. The third-order valence-electron chi connectivity index (χ3n) is 5.44. The van der Waals surface area contributed by atoms with Crippen LogP contribution >= 0.6 is 11.8 Å². The molecule has 1 aliphatic heterocycles. The molecule has 8 heteroatoms. The van der Waals surface area contributed by atoms with Gasteiger partial charge < -0.3 is 14.2 Å². The molecule has 6 nitrogen and oxygen atoms in total. The van der Waals surface area contributed by atoms with Crippen LogP contribution in [-0.4, -0.2) is 21.4 Å². The largest absolute Gasteiger partial charge is 0.464 e. The van der Waals surface area contributed by atoms with E-state index in [9.17, 15) is 14.0 Å². The van der Waals surface area contributed by atoms with Crippen LogP contribution in [0.5, 0.6) is 0 Å². The molecule has 2 atom stereocenters. The molecule has 4 aromatic rings. The van der Waals surface area contributed by atoms with Crippen molar-refractivity contribution in [2.45, 2.75) is 25.3 Å². The molecule has 1 saturated heterocycles. The molecule has 0 bridgehead atoms. The minimum absolute atomic E-state index is 0.186. The van der Waals surface area contributed by atoms with E-state index in [1.807, 2.05) is 24.3 Å². The summed E-state index contributed by atoms with van der Waals surface area (Å²) in [6, 6.07) is 13.1. The molecule has 0 aliphatic carbocycles. The normalized spacial score (nSPS) is 17.3. The van der Waals surface area contributed by atoms with Crippen LogP contribution in [0.15, 0.2) is 63.6 Å². The molecule has 2 aromatic heterocycles. The van der Waals surface area contributed by atoms with E-state index in [2.05, 4.69) is 10.3 Å². The van der Waals surface area contributed by atoms with Crippen molar-refractivity contribution in [2.24, 2.45) is 0 Å². The maximum atomic E-state index is 14.2. The number of aromatic nitrogens is 1. The fourth-order valence-corrected chi connectivity index (χ4v) is 4.57. The van der Waals surface area contributed by atoms with Crippen LogP contribution in [0.4, 0.5) is 9.18 Å². The molecule has 2 aromatic carbocycles. The Morgan fingerprint density at radius 2 is 2.03 bits per heavy atom. The van der Waals surface area contributed by atoms with Crippen molar-refractivity contribution in [2.75, 3.05) is 0 Å². The summed E-state index contributed by atoms with van der Waals surface area (Å²) in [5.41, 5.74) is 2.48. The summed E-state index contributed by atoms with van der Waals surface area (Å²) < 4.78 is 25.4. The third kappa shape index (κ3) is 3.63. The minimum atomic E-state index is -0.699. The number of aryl methyl sites for hydroxylation is 1. The van der Waals surface area contributed by atoms with Crippen LogP contribution in [0.2, 0.25) is 0 Å². The summed E-state index contributed by atoms with van der Waals surface area (Å²) in [7, 11) is 0. The fraction of sp³-hybridized carbons (Fsp3) is 0.174. The van der Waals surface area contributed by atoms with Crippen LogP contribution in [0.3, 0.4) is 0 Å². The zero-order valence-corrected chi connectivity index (χ0v) is 17.2. The topological polar surface area (TPSA) is 85.3 Å². The number of furan rings is 1. The summed E-state index contributed by atoms with van der Waals surface area (Å²) in [5, 5.41) is 3.06. The minimum Gasteiger partial charge on any atom is -0.464 e. The number of hydrogen-bond donors (Lipinski definition) is 1. The van der Waals surface area contributed by atoms with E-state index in [0.29, 0.717) is 29.6 Å². The van der Waals surface area contributed by atoms with Gasteiger partial charge in [-0.3, -0.25) is 9.59 Å². The van der Waals surface area contributed by atoms with Gasteiger partial charge in [0.15, 0.2) is 0 Å². The summed E-state index contributed by atoms with van der Waals surface area (Å²) >= 11 is 0.675. The van der Waals surface area contributed by atoms with Crippen molar-refractivity contribution in [3.63, 3.8) is 0 Å². The lowest BCUT2D eigenvalue weighted by Gasteiger charge is -2.22. The van der Waals surface area contributed by atoms with Crippen molar-refractivity contribution in [1.82, 2.24) is 10.3 Å². The fourth-order valence-electron chi connectivity index (χ4n) is 3.85. The number of hydrogen-bond acceptors (Lipinski definition) is 6. The van der Waals surface area contributed by atoms with Gasteiger partial charge in [-0.2, -0.15) is 0 Å². The number of oxazole rings is 1. The quantitative estimate of drug-likeness (QED) is 0.462. The van der Waals surface area contributed by atoms with Gasteiger partial charge in [-0.05, 0) is 42.8 Å². The first-order chi connectivity index (χ1) is 15.0. The van der Waals surface area contributed by atoms with Gasteiger partial charge in [0.25, 0.3) is 5.24 Å². The SMILES string of the molecule is Cc1oc(-c2ccccc2F)nc1CC(c1ccc2occc2c1)C1NC(=O)SC1=O. The number of rotatable bonds is 5. The van der Waals surface area contributed by atoms with Crippen LogP contribution in [0.1, 0.15) is 22.9 Å². The van der Waals surface area contributed by atoms with Crippen molar-refractivity contribution in [1.29, 1.82) is 0 Å².